The number of nitrogens with zero attached hydrogens (tertiary/aromatic N) is 4. The summed E-state index contributed by atoms with van der Waals surface area (Å²) in [4.78, 5) is 17.7. The number of rotatable bonds is 6. The maximum absolute atomic E-state index is 13.4. The Morgan fingerprint density at radius 2 is 2.07 bits per heavy atom. The molecule has 3 aliphatic rings. The molecule has 2 aliphatic carbocycles. The van der Waals surface area contributed by atoms with E-state index in [0.29, 0.717) is 6.04 Å². The van der Waals surface area contributed by atoms with Gasteiger partial charge >= 0.3 is 0 Å². The third-order valence-electron chi connectivity index (χ3n) is 7.12. The molecule has 1 aromatic rings. The summed E-state index contributed by atoms with van der Waals surface area (Å²) in [6, 6.07) is 0.456. The van der Waals surface area contributed by atoms with Crippen LogP contribution in [0.1, 0.15) is 73.6 Å². The molecule has 6 nitrogen and oxygen atoms in total. The summed E-state index contributed by atoms with van der Waals surface area (Å²) in [6.07, 6.45) is 13.0. The fourth-order valence-corrected chi connectivity index (χ4v) is 5.26. The van der Waals surface area contributed by atoms with E-state index in [1.807, 2.05) is 4.90 Å². The summed E-state index contributed by atoms with van der Waals surface area (Å²) in [6.45, 7) is 7.68. The zero-order valence-corrected chi connectivity index (χ0v) is 19.0. The molecule has 1 amide bonds. The Hall–Kier alpha value is -1.66. The predicted molar refractivity (Wildman–Crippen MR) is 121 cm³/mol. The Bertz CT molecular complexity index is 768. The van der Waals surface area contributed by atoms with Gasteiger partial charge < -0.3 is 15.1 Å². The van der Waals surface area contributed by atoms with Crippen LogP contribution in [-0.2, 0) is 19.4 Å². The second-order valence-corrected chi connectivity index (χ2v) is 9.29. The maximum Gasteiger partial charge on any atom is 0.274 e. The topological polar surface area (TPSA) is 53.4 Å². The first kappa shape index (κ1) is 21.6. The number of aryl methyl sites for hydroxylation is 1. The molecular weight excluding hydrogens is 374 g/mol. The van der Waals surface area contributed by atoms with Gasteiger partial charge in [-0.15, -0.1) is 0 Å². The zero-order chi connectivity index (χ0) is 20.9. The number of carbonyl (C=O) groups is 1. The van der Waals surface area contributed by atoms with Crippen LogP contribution in [0, 0.1) is 0 Å². The third kappa shape index (κ3) is 4.97. The lowest BCUT2D eigenvalue weighted by Crippen LogP contribution is -2.38. The van der Waals surface area contributed by atoms with Crippen molar-refractivity contribution in [2.75, 3.05) is 39.8 Å². The second-order valence-electron chi connectivity index (χ2n) is 9.29. The van der Waals surface area contributed by atoms with Crippen LogP contribution >= 0.6 is 0 Å². The summed E-state index contributed by atoms with van der Waals surface area (Å²) in [7, 11) is 2.14. The molecule has 1 N–H and O–H groups in total. The Morgan fingerprint density at radius 1 is 1.17 bits per heavy atom. The van der Waals surface area contributed by atoms with Gasteiger partial charge in [0.1, 0.15) is 0 Å². The number of amides is 1. The van der Waals surface area contributed by atoms with Gasteiger partial charge in [0, 0.05) is 43.5 Å². The first-order chi connectivity index (χ1) is 14.7. The second kappa shape index (κ2) is 10.1. The largest absolute Gasteiger partial charge is 0.336 e. The van der Waals surface area contributed by atoms with Crippen LogP contribution in [0.25, 0.3) is 0 Å². The van der Waals surface area contributed by atoms with Crippen LogP contribution in [-0.4, -0.2) is 71.3 Å². The molecule has 166 valence electrons. The first-order valence-corrected chi connectivity index (χ1v) is 12.1. The van der Waals surface area contributed by atoms with Crippen LogP contribution < -0.4 is 5.32 Å². The summed E-state index contributed by atoms with van der Waals surface area (Å²) >= 11 is 0. The molecule has 0 spiro atoms. The summed E-state index contributed by atoms with van der Waals surface area (Å²) < 4.78 is 2.08. The lowest BCUT2D eigenvalue weighted by atomic mass is 9.90. The van der Waals surface area contributed by atoms with Gasteiger partial charge in [0.2, 0.25) is 0 Å². The molecular formula is C24H39N5O. The maximum atomic E-state index is 13.4. The highest BCUT2D eigenvalue weighted by atomic mass is 16.2. The van der Waals surface area contributed by atoms with Crippen LogP contribution in [0.4, 0.5) is 0 Å². The number of nitrogens with one attached hydrogen (secondary N) is 1. The van der Waals surface area contributed by atoms with Crippen molar-refractivity contribution in [2.24, 2.45) is 0 Å². The van der Waals surface area contributed by atoms with Gasteiger partial charge in [-0.3, -0.25) is 9.48 Å². The van der Waals surface area contributed by atoms with Crippen molar-refractivity contribution in [3.8, 4) is 0 Å². The normalized spacial score (nSPS) is 23.1. The number of fused-ring (bicyclic) bond motifs is 1. The lowest BCUT2D eigenvalue weighted by Gasteiger charge is -2.26. The highest BCUT2D eigenvalue weighted by Crippen LogP contribution is 2.27. The number of allylic oxidation sites excluding steroid dienone is 1. The van der Waals surface area contributed by atoms with Crippen molar-refractivity contribution in [3.63, 3.8) is 0 Å². The minimum atomic E-state index is 0.141. The zero-order valence-electron chi connectivity index (χ0n) is 19.0. The minimum Gasteiger partial charge on any atom is -0.336 e. The molecule has 0 aromatic carbocycles. The minimum absolute atomic E-state index is 0.141. The van der Waals surface area contributed by atoms with E-state index in [1.165, 1.54) is 43.4 Å². The van der Waals surface area contributed by atoms with Crippen molar-refractivity contribution in [1.82, 2.24) is 24.9 Å². The van der Waals surface area contributed by atoms with Gasteiger partial charge in [0.05, 0.1) is 0 Å². The van der Waals surface area contributed by atoms with E-state index in [1.54, 1.807) is 5.57 Å². The fourth-order valence-electron chi connectivity index (χ4n) is 5.26. The van der Waals surface area contributed by atoms with E-state index < -0.39 is 0 Å². The molecule has 1 aliphatic heterocycles. The van der Waals surface area contributed by atoms with Gasteiger partial charge in [-0.1, -0.05) is 11.6 Å². The summed E-state index contributed by atoms with van der Waals surface area (Å²) in [5.41, 5.74) is 4.85. The van der Waals surface area contributed by atoms with Crippen molar-refractivity contribution < 1.29 is 4.79 Å². The van der Waals surface area contributed by atoms with Gasteiger partial charge in [0.25, 0.3) is 5.91 Å². The lowest BCUT2D eigenvalue weighted by molar-refractivity contribution is 0.0754. The SMILES string of the molecule is CCn1nc(C(=O)N2CCCN(C)CC2)c2c1CCC(NCCC1=CCCCC1)C2. The molecule has 0 saturated carbocycles. The van der Waals surface area contributed by atoms with Gasteiger partial charge in [0.15, 0.2) is 5.69 Å². The van der Waals surface area contributed by atoms with E-state index in [2.05, 4.69) is 34.9 Å². The number of likely N-dealkylation sites (N-methyl/N-ethyl adjacent to an activating group) is 1. The molecule has 0 radical (unpaired) electrons. The molecule has 1 atom stereocenters. The number of hydrogen-bond donors (Lipinski definition) is 1. The number of carbonyl (C=O) groups excluding carboxylic acids is 1. The van der Waals surface area contributed by atoms with E-state index >= 15 is 0 Å². The molecule has 1 aromatic heterocycles. The molecule has 1 saturated heterocycles. The Balaban J connectivity index is 1.42. The quantitative estimate of drug-likeness (QED) is 0.729. The Kier molecular flexibility index (Phi) is 7.26. The monoisotopic (exact) mass is 413 g/mol. The van der Waals surface area contributed by atoms with Crippen LogP contribution in [0.15, 0.2) is 11.6 Å². The fraction of sp³-hybridized carbons (Fsp3) is 0.750. The summed E-state index contributed by atoms with van der Waals surface area (Å²) in [5, 5.41) is 8.59. The van der Waals surface area contributed by atoms with E-state index in [4.69, 9.17) is 5.10 Å². The van der Waals surface area contributed by atoms with Crippen LogP contribution in [0.5, 0.6) is 0 Å². The van der Waals surface area contributed by atoms with Crippen molar-refractivity contribution in [2.45, 2.75) is 77.3 Å². The standard InChI is InChI=1S/C24H39N5O/c1-3-29-22-11-10-20(25-13-12-19-8-5-4-6-9-19)18-21(22)23(26-29)24(30)28-15-7-14-27(2)16-17-28/h8,20,25H,3-7,9-18H2,1-2H3. The Morgan fingerprint density at radius 3 is 2.87 bits per heavy atom. The smallest absolute Gasteiger partial charge is 0.274 e. The molecule has 4 rings (SSSR count). The third-order valence-corrected chi connectivity index (χ3v) is 7.12. The van der Waals surface area contributed by atoms with Crippen molar-refractivity contribution >= 4 is 5.91 Å². The molecule has 1 fully saturated rings. The highest BCUT2D eigenvalue weighted by molar-refractivity contribution is 5.94. The average Bonchev–Trinajstić information content (AvgIpc) is 2.99. The van der Waals surface area contributed by atoms with Crippen LogP contribution in [0.2, 0.25) is 0 Å². The van der Waals surface area contributed by atoms with Gasteiger partial charge in [-0.25, -0.2) is 0 Å². The Labute approximate surface area is 181 Å². The number of aromatic nitrogens is 2. The number of hydrogen-bond acceptors (Lipinski definition) is 4. The van der Waals surface area contributed by atoms with E-state index in [9.17, 15) is 4.79 Å². The highest BCUT2D eigenvalue weighted by Gasteiger charge is 2.31. The average molecular weight is 414 g/mol. The van der Waals surface area contributed by atoms with Crippen LogP contribution in [0.3, 0.4) is 0 Å². The van der Waals surface area contributed by atoms with E-state index in [-0.39, 0.29) is 5.91 Å². The predicted octanol–water partition coefficient (Wildman–Crippen LogP) is 3.02. The summed E-state index contributed by atoms with van der Waals surface area (Å²) in [5.74, 6) is 0.141. The van der Waals surface area contributed by atoms with E-state index in [0.717, 1.165) is 70.6 Å². The molecule has 6 heteroatoms. The first-order valence-electron chi connectivity index (χ1n) is 12.1. The molecule has 2 heterocycles. The molecule has 0 bridgehead atoms. The van der Waals surface area contributed by atoms with Crippen molar-refractivity contribution in [1.29, 1.82) is 0 Å². The molecule has 30 heavy (non-hydrogen) atoms. The molecule has 1 unspecified atom stereocenters. The van der Waals surface area contributed by atoms with Crippen molar-refractivity contribution in [3.05, 3.63) is 28.6 Å². The van der Waals surface area contributed by atoms with Gasteiger partial charge in [-0.2, -0.15) is 5.10 Å². The van der Waals surface area contributed by atoms with Gasteiger partial charge in [-0.05, 0) is 84.8 Å².